The second kappa shape index (κ2) is 5.70. The van der Waals surface area contributed by atoms with E-state index in [4.69, 9.17) is 10.8 Å². The second-order valence-corrected chi connectivity index (χ2v) is 4.69. The zero-order chi connectivity index (χ0) is 8.85. The van der Waals surface area contributed by atoms with E-state index in [0.717, 1.165) is 0 Å². The van der Waals surface area contributed by atoms with E-state index in [1.807, 2.05) is 6.26 Å². The first-order chi connectivity index (χ1) is 5.07. The van der Waals surface area contributed by atoms with Crippen LogP contribution in [0.1, 0.15) is 0 Å². The normalized spacial score (nSPS) is 15.9. The molecule has 0 aromatic heterocycles. The smallest absolute Gasteiger partial charge is 0.325 e. The van der Waals surface area contributed by atoms with Crippen molar-refractivity contribution in [3.8, 4) is 0 Å². The fourth-order valence-electron chi connectivity index (χ4n) is 0.451. The number of carboxylic acid groups (broad SMARTS) is 1. The number of rotatable bonds is 5. The maximum atomic E-state index is 10.9. The Hall–Kier alpha value is 0.0900. The third-order valence-electron chi connectivity index (χ3n) is 0.932. The molecule has 0 aromatic rings. The molecule has 11 heavy (non-hydrogen) atoms. The number of aliphatic carboxylic acids is 1. The fraction of sp³-hybridized carbons (Fsp3) is 0.800. The van der Waals surface area contributed by atoms with Gasteiger partial charge in [-0.05, 0) is 17.4 Å². The van der Waals surface area contributed by atoms with Gasteiger partial charge in [0.25, 0.3) is 0 Å². The molecule has 0 rings (SSSR count). The Labute approximate surface area is 72.7 Å². The summed E-state index contributed by atoms with van der Waals surface area (Å²) in [6.45, 7) is 0. The Morgan fingerprint density at radius 2 is 2.45 bits per heavy atom. The first kappa shape index (κ1) is 11.1. The molecule has 0 aliphatic rings. The molecule has 4 nitrogen and oxygen atoms in total. The van der Waals surface area contributed by atoms with Crippen LogP contribution in [0.2, 0.25) is 0 Å². The van der Waals surface area contributed by atoms with Gasteiger partial charge >= 0.3 is 5.97 Å². The summed E-state index contributed by atoms with van der Waals surface area (Å²) in [6.07, 6.45) is 1.81. The quantitative estimate of drug-likeness (QED) is 0.578. The first-order valence-corrected chi connectivity index (χ1v) is 5.78. The van der Waals surface area contributed by atoms with E-state index in [0.29, 0.717) is 5.08 Å². The van der Waals surface area contributed by atoms with Crippen molar-refractivity contribution in [2.45, 2.75) is 6.04 Å². The van der Waals surface area contributed by atoms with E-state index >= 15 is 0 Å². The zero-order valence-electron chi connectivity index (χ0n) is 6.15. The fourth-order valence-corrected chi connectivity index (χ4v) is 2.43. The van der Waals surface area contributed by atoms with Crippen LogP contribution in [0, 0.1) is 0 Å². The minimum atomic E-state index is -1.11. The number of hydrogen-bond acceptors (Lipinski definition) is 4. The molecule has 0 aliphatic heterocycles. The molecule has 0 bridgehead atoms. The standard InChI is InChI=1S/C5H11NO3S2/c1-10-3-11(9)2-4(6)5(7)8/h4H,2-3,6H2,1H3,(H,7,8)/t4-,11?/m0/s1. The average Bonchev–Trinajstić information content (AvgIpc) is 1.87. The summed E-state index contributed by atoms with van der Waals surface area (Å²) in [5.74, 6) is -1.06. The molecule has 0 heterocycles. The lowest BCUT2D eigenvalue weighted by atomic mass is 10.4. The van der Waals surface area contributed by atoms with Gasteiger partial charge in [0.1, 0.15) is 11.8 Å². The summed E-state index contributed by atoms with van der Waals surface area (Å²) in [5, 5.41) is 8.78. The van der Waals surface area contributed by atoms with E-state index in [-0.39, 0.29) is 5.75 Å². The lowest BCUT2D eigenvalue weighted by Gasteiger charge is -2.11. The van der Waals surface area contributed by atoms with Crippen LogP contribution in [0.4, 0.5) is 0 Å². The molecule has 1 unspecified atom stereocenters. The molecule has 0 spiro atoms. The van der Waals surface area contributed by atoms with Gasteiger partial charge in [-0.1, -0.05) is 0 Å². The van der Waals surface area contributed by atoms with Crippen LogP contribution in [0.5, 0.6) is 0 Å². The van der Waals surface area contributed by atoms with Gasteiger partial charge in [-0.15, -0.1) is 11.8 Å². The molecule has 2 atom stereocenters. The summed E-state index contributed by atoms with van der Waals surface area (Å²) in [4.78, 5) is 10.2. The zero-order valence-corrected chi connectivity index (χ0v) is 7.78. The lowest BCUT2D eigenvalue weighted by molar-refractivity contribution is -0.137. The average molecular weight is 197 g/mol. The predicted octanol–water partition coefficient (Wildman–Crippen LogP) is -0.533. The highest BCUT2D eigenvalue weighted by Crippen LogP contribution is 2.02. The molecule has 0 amide bonds. The van der Waals surface area contributed by atoms with Crippen molar-refractivity contribution in [3.05, 3.63) is 0 Å². The summed E-state index contributed by atoms with van der Waals surface area (Å²) in [5.41, 5.74) is 5.15. The van der Waals surface area contributed by atoms with Crippen molar-refractivity contribution in [1.82, 2.24) is 0 Å². The van der Waals surface area contributed by atoms with Gasteiger partial charge in [0.2, 0.25) is 0 Å². The van der Waals surface area contributed by atoms with Gasteiger partial charge in [-0.25, -0.2) is 0 Å². The largest absolute Gasteiger partial charge is 0.616 e. The highest BCUT2D eigenvalue weighted by Gasteiger charge is 2.18. The van der Waals surface area contributed by atoms with Crippen molar-refractivity contribution < 1.29 is 14.5 Å². The number of nitrogens with two attached hydrogens (primary N) is 1. The Balaban J connectivity index is 3.56. The van der Waals surface area contributed by atoms with Crippen molar-refractivity contribution in [2.24, 2.45) is 5.73 Å². The maximum absolute atomic E-state index is 10.9. The molecule has 0 fully saturated rings. The van der Waals surface area contributed by atoms with Gasteiger partial charge in [0, 0.05) is 0 Å². The van der Waals surface area contributed by atoms with Crippen LogP contribution in [-0.4, -0.2) is 38.8 Å². The molecule has 0 saturated carbocycles. The van der Waals surface area contributed by atoms with Crippen molar-refractivity contribution in [3.63, 3.8) is 0 Å². The van der Waals surface area contributed by atoms with Crippen LogP contribution in [0.3, 0.4) is 0 Å². The molecular formula is C5H11NO3S2. The lowest BCUT2D eigenvalue weighted by Crippen LogP contribution is -2.37. The van der Waals surface area contributed by atoms with E-state index in [2.05, 4.69) is 0 Å². The van der Waals surface area contributed by atoms with Crippen LogP contribution < -0.4 is 5.73 Å². The predicted molar refractivity (Wildman–Crippen MR) is 47.0 cm³/mol. The molecule has 66 valence electrons. The molecule has 0 aliphatic carbocycles. The Bertz CT molecular complexity index is 133. The van der Waals surface area contributed by atoms with E-state index < -0.39 is 23.2 Å². The summed E-state index contributed by atoms with van der Waals surface area (Å²) >= 11 is 0.301. The van der Waals surface area contributed by atoms with Gasteiger partial charge in [0.15, 0.2) is 5.08 Å². The number of carboxylic acids is 1. The highest BCUT2D eigenvalue weighted by atomic mass is 32.3. The minimum absolute atomic E-state index is 0.0379. The Morgan fingerprint density at radius 1 is 1.91 bits per heavy atom. The van der Waals surface area contributed by atoms with Gasteiger partial charge < -0.3 is 15.4 Å². The van der Waals surface area contributed by atoms with E-state index in [9.17, 15) is 9.35 Å². The van der Waals surface area contributed by atoms with Crippen LogP contribution in [0.15, 0.2) is 0 Å². The van der Waals surface area contributed by atoms with Crippen LogP contribution in [0.25, 0.3) is 0 Å². The number of hydrogen-bond donors (Lipinski definition) is 2. The molecule has 0 saturated heterocycles. The van der Waals surface area contributed by atoms with Gasteiger partial charge in [-0.2, -0.15) is 0 Å². The van der Waals surface area contributed by atoms with E-state index in [1.54, 1.807) is 0 Å². The van der Waals surface area contributed by atoms with E-state index in [1.165, 1.54) is 11.8 Å². The SMILES string of the molecule is CSC[S+]([O-])C[C@H](N)C(=O)O. The highest BCUT2D eigenvalue weighted by molar-refractivity contribution is 8.12. The van der Waals surface area contributed by atoms with Gasteiger partial charge in [-0.3, -0.25) is 4.79 Å². The summed E-state index contributed by atoms with van der Waals surface area (Å²) in [7, 11) is 0. The first-order valence-electron chi connectivity index (χ1n) is 2.90. The van der Waals surface area contributed by atoms with Crippen molar-refractivity contribution >= 4 is 28.9 Å². The minimum Gasteiger partial charge on any atom is -0.616 e. The Kier molecular flexibility index (Phi) is 5.75. The van der Waals surface area contributed by atoms with Crippen molar-refractivity contribution in [1.29, 1.82) is 0 Å². The molecule has 6 heteroatoms. The molecule has 0 aromatic carbocycles. The second-order valence-electron chi connectivity index (χ2n) is 1.96. The maximum Gasteiger partial charge on any atom is 0.325 e. The Morgan fingerprint density at radius 3 is 2.82 bits per heavy atom. The van der Waals surface area contributed by atoms with Crippen LogP contribution in [-0.2, 0) is 16.0 Å². The third-order valence-corrected chi connectivity index (χ3v) is 3.66. The molecular weight excluding hydrogens is 186 g/mol. The third kappa shape index (κ3) is 5.37. The van der Waals surface area contributed by atoms with Crippen molar-refractivity contribution in [2.75, 3.05) is 17.1 Å². The summed E-state index contributed by atoms with van der Waals surface area (Å²) in [6, 6.07) is -0.997. The number of carbonyl (C=O) groups is 1. The topological polar surface area (TPSA) is 86.4 Å². The monoisotopic (exact) mass is 197 g/mol. The number of thioether (sulfide) groups is 1. The van der Waals surface area contributed by atoms with Crippen LogP contribution >= 0.6 is 11.8 Å². The summed E-state index contributed by atoms with van der Waals surface area (Å²) < 4.78 is 10.9. The van der Waals surface area contributed by atoms with Gasteiger partial charge in [0.05, 0.1) is 0 Å². The molecule has 3 N–H and O–H groups in total. The molecule has 0 radical (unpaired) electrons.